The molecule has 0 N–H and O–H groups in total. The Hall–Kier alpha value is -0.0800. The second-order valence-corrected chi connectivity index (χ2v) is 5.57. The number of rotatable bonds is 12. The molecule has 0 bridgehead atoms. The summed E-state index contributed by atoms with van der Waals surface area (Å²) in [7, 11) is 1.85. The van der Waals surface area contributed by atoms with Gasteiger partial charge >= 0.3 is 0 Å². The van der Waals surface area contributed by atoms with Crippen LogP contribution in [-0.4, -0.2) is 24.8 Å². The fourth-order valence-electron chi connectivity index (χ4n) is 2.21. The topological polar surface area (TPSA) is 23.1 Å². The van der Waals surface area contributed by atoms with Crippen LogP contribution in [0.2, 0.25) is 0 Å². The van der Waals surface area contributed by atoms with E-state index in [1.807, 2.05) is 7.05 Å². The second-order valence-electron chi connectivity index (χ2n) is 5.57. The summed E-state index contributed by atoms with van der Waals surface area (Å²) >= 11 is 0. The SMILES string of the molecule is CCCCCCCC[N+](C)([O-])CCCCCC. The van der Waals surface area contributed by atoms with Crippen LogP contribution >= 0.6 is 0 Å². The van der Waals surface area contributed by atoms with Gasteiger partial charge in [-0.1, -0.05) is 52.4 Å². The van der Waals surface area contributed by atoms with Crippen LogP contribution in [0.5, 0.6) is 0 Å². The van der Waals surface area contributed by atoms with Crippen LogP contribution in [0.3, 0.4) is 0 Å². The fraction of sp³-hybridized carbons (Fsp3) is 1.00. The van der Waals surface area contributed by atoms with E-state index in [1.54, 1.807) is 0 Å². The summed E-state index contributed by atoms with van der Waals surface area (Å²) in [5.74, 6) is 0. The number of quaternary nitrogens is 1. The first-order valence-corrected chi connectivity index (χ1v) is 7.68. The van der Waals surface area contributed by atoms with Gasteiger partial charge in [-0.15, -0.1) is 0 Å². The molecule has 0 aliphatic heterocycles. The Labute approximate surface area is 109 Å². The molecule has 0 saturated heterocycles. The molecule has 0 radical (unpaired) electrons. The molecule has 0 rings (SSSR count). The molecule has 0 saturated carbocycles. The minimum atomic E-state index is -0.0164. The molecule has 2 heteroatoms. The molecular formula is C15H33NO. The van der Waals surface area contributed by atoms with Gasteiger partial charge in [-0.3, -0.25) is 0 Å². The predicted octanol–water partition coefficient (Wildman–Crippen LogP) is 4.87. The van der Waals surface area contributed by atoms with Gasteiger partial charge in [0.05, 0.1) is 20.1 Å². The maximum Gasteiger partial charge on any atom is 0.0781 e. The van der Waals surface area contributed by atoms with Crippen molar-refractivity contribution in [2.24, 2.45) is 0 Å². The molecule has 1 unspecified atom stereocenters. The minimum absolute atomic E-state index is 0.0164. The van der Waals surface area contributed by atoms with Crippen LogP contribution in [0, 0.1) is 5.21 Å². The van der Waals surface area contributed by atoms with Crippen LogP contribution in [0.1, 0.15) is 78.1 Å². The van der Waals surface area contributed by atoms with E-state index in [0.717, 1.165) is 25.9 Å². The quantitative estimate of drug-likeness (QED) is 0.272. The molecule has 17 heavy (non-hydrogen) atoms. The second kappa shape index (κ2) is 11.0. The zero-order valence-electron chi connectivity index (χ0n) is 12.3. The van der Waals surface area contributed by atoms with Gasteiger partial charge in [0.2, 0.25) is 0 Å². The van der Waals surface area contributed by atoms with E-state index >= 15 is 0 Å². The van der Waals surface area contributed by atoms with Crippen molar-refractivity contribution in [1.29, 1.82) is 0 Å². The lowest BCUT2D eigenvalue weighted by Crippen LogP contribution is -2.39. The van der Waals surface area contributed by atoms with Gasteiger partial charge in [-0.25, -0.2) is 0 Å². The van der Waals surface area contributed by atoms with Crippen molar-refractivity contribution in [3.8, 4) is 0 Å². The van der Waals surface area contributed by atoms with Crippen LogP contribution in [0.4, 0.5) is 0 Å². The van der Waals surface area contributed by atoms with Gasteiger partial charge in [0, 0.05) is 0 Å². The van der Waals surface area contributed by atoms with Crippen molar-refractivity contribution in [3.63, 3.8) is 0 Å². The van der Waals surface area contributed by atoms with E-state index in [2.05, 4.69) is 13.8 Å². The zero-order valence-corrected chi connectivity index (χ0v) is 12.3. The Kier molecular flexibility index (Phi) is 11.0. The van der Waals surface area contributed by atoms with Crippen LogP contribution < -0.4 is 0 Å². The largest absolute Gasteiger partial charge is 0.633 e. The molecular weight excluding hydrogens is 210 g/mol. The molecule has 0 aromatic heterocycles. The monoisotopic (exact) mass is 243 g/mol. The minimum Gasteiger partial charge on any atom is -0.633 e. The Bertz CT molecular complexity index is 157. The Balaban J connectivity index is 3.37. The van der Waals surface area contributed by atoms with E-state index in [1.165, 1.54) is 51.4 Å². The van der Waals surface area contributed by atoms with Gasteiger partial charge in [0.25, 0.3) is 0 Å². The Morgan fingerprint density at radius 2 is 1.00 bits per heavy atom. The molecule has 0 spiro atoms. The first kappa shape index (κ1) is 16.9. The van der Waals surface area contributed by atoms with E-state index in [0.29, 0.717) is 0 Å². The summed E-state index contributed by atoms with van der Waals surface area (Å²) < 4.78 is -0.0164. The van der Waals surface area contributed by atoms with Crippen LogP contribution in [-0.2, 0) is 0 Å². The zero-order chi connectivity index (χ0) is 13.0. The number of hydroxylamine groups is 3. The van der Waals surface area contributed by atoms with Gasteiger partial charge in [0.15, 0.2) is 0 Å². The molecule has 0 aromatic carbocycles. The number of hydrogen-bond acceptors (Lipinski definition) is 1. The number of hydrogen-bond donors (Lipinski definition) is 0. The highest BCUT2D eigenvalue weighted by molar-refractivity contribution is 4.47. The van der Waals surface area contributed by atoms with Crippen molar-refractivity contribution in [2.45, 2.75) is 78.1 Å². The molecule has 0 fully saturated rings. The molecule has 0 aromatic rings. The normalized spacial score (nSPS) is 14.8. The predicted molar refractivity (Wildman–Crippen MR) is 76.8 cm³/mol. The average Bonchev–Trinajstić information content (AvgIpc) is 2.29. The van der Waals surface area contributed by atoms with Crippen molar-refractivity contribution in [2.75, 3.05) is 20.1 Å². The van der Waals surface area contributed by atoms with E-state index in [9.17, 15) is 5.21 Å². The van der Waals surface area contributed by atoms with Gasteiger partial charge < -0.3 is 9.85 Å². The standard InChI is InChI=1S/C15H33NO/c1-4-6-8-10-11-13-15-16(3,17)14-12-9-7-5-2/h4-15H2,1-3H3. The van der Waals surface area contributed by atoms with E-state index in [4.69, 9.17) is 0 Å². The lowest BCUT2D eigenvalue weighted by Gasteiger charge is -2.39. The molecule has 0 amide bonds. The third-order valence-corrected chi connectivity index (χ3v) is 3.47. The highest BCUT2D eigenvalue weighted by Gasteiger charge is 2.08. The first-order valence-electron chi connectivity index (χ1n) is 7.68. The molecule has 104 valence electrons. The third kappa shape index (κ3) is 12.2. The highest BCUT2D eigenvalue weighted by atomic mass is 16.5. The molecule has 0 aliphatic carbocycles. The summed E-state index contributed by atoms with van der Waals surface area (Å²) in [5, 5.41) is 12.1. The molecule has 0 heterocycles. The van der Waals surface area contributed by atoms with Crippen molar-refractivity contribution >= 4 is 0 Å². The Morgan fingerprint density at radius 3 is 1.47 bits per heavy atom. The van der Waals surface area contributed by atoms with Crippen molar-refractivity contribution in [1.82, 2.24) is 0 Å². The van der Waals surface area contributed by atoms with Gasteiger partial charge in [-0.05, 0) is 25.7 Å². The molecule has 1 atom stereocenters. The van der Waals surface area contributed by atoms with Crippen LogP contribution in [0.15, 0.2) is 0 Å². The van der Waals surface area contributed by atoms with E-state index in [-0.39, 0.29) is 4.65 Å². The molecule has 2 nitrogen and oxygen atoms in total. The maximum atomic E-state index is 12.1. The fourth-order valence-corrected chi connectivity index (χ4v) is 2.21. The summed E-state index contributed by atoms with van der Waals surface area (Å²) in [6, 6.07) is 0. The van der Waals surface area contributed by atoms with Gasteiger partial charge in [0.1, 0.15) is 0 Å². The summed E-state index contributed by atoms with van der Waals surface area (Å²) in [6.45, 7) is 6.08. The summed E-state index contributed by atoms with van der Waals surface area (Å²) in [6.07, 6.45) is 12.5. The third-order valence-electron chi connectivity index (χ3n) is 3.47. The summed E-state index contributed by atoms with van der Waals surface area (Å²) in [5.41, 5.74) is 0. The average molecular weight is 243 g/mol. The van der Waals surface area contributed by atoms with Gasteiger partial charge in [-0.2, -0.15) is 0 Å². The number of nitrogens with zero attached hydrogens (tertiary/aromatic N) is 1. The van der Waals surface area contributed by atoms with Crippen molar-refractivity contribution in [3.05, 3.63) is 5.21 Å². The molecule has 0 aliphatic rings. The Morgan fingerprint density at radius 1 is 0.647 bits per heavy atom. The maximum absolute atomic E-state index is 12.1. The summed E-state index contributed by atoms with van der Waals surface area (Å²) in [4.78, 5) is 0. The first-order chi connectivity index (χ1) is 8.12. The van der Waals surface area contributed by atoms with E-state index < -0.39 is 0 Å². The smallest absolute Gasteiger partial charge is 0.0781 e. The highest BCUT2D eigenvalue weighted by Crippen LogP contribution is 2.11. The lowest BCUT2D eigenvalue weighted by atomic mass is 10.1. The lowest BCUT2D eigenvalue weighted by molar-refractivity contribution is -0.861. The van der Waals surface area contributed by atoms with Crippen LogP contribution in [0.25, 0.3) is 0 Å². The number of unbranched alkanes of at least 4 members (excludes halogenated alkanes) is 8. The van der Waals surface area contributed by atoms with Crippen molar-refractivity contribution < 1.29 is 4.65 Å².